The van der Waals surface area contributed by atoms with Crippen LogP contribution in [0.1, 0.15) is 12.8 Å². The van der Waals surface area contributed by atoms with Crippen molar-refractivity contribution in [1.82, 2.24) is 10.2 Å². The van der Waals surface area contributed by atoms with Crippen molar-refractivity contribution in [3.63, 3.8) is 0 Å². The van der Waals surface area contributed by atoms with Gasteiger partial charge in [-0.15, -0.1) is 0 Å². The Balaban J connectivity index is 1.75. The van der Waals surface area contributed by atoms with Crippen LogP contribution in [0.3, 0.4) is 0 Å². The number of anilines is 1. The number of halogens is 2. The maximum absolute atomic E-state index is 13.1. The van der Waals surface area contributed by atoms with Gasteiger partial charge in [0.25, 0.3) is 0 Å². The molecule has 1 aromatic rings. The fourth-order valence-electron chi connectivity index (χ4n) is 2.32. The topological polar surface area (TPSA) is 61.4 Å². The molecule has 7 heteroatoms. The molecule has 1 aromatic carbocycles. The van der Waals surface area contributed by atoms with E-state index in [9.17, 15) is 14.0 Å². The first-order valence-electron chi connectivity index (χ1n) is 7.57. The summed E-state index contributed by atoms with van der Waals surface area (Å²) in [4.78, 5) is 26.1. The number of nitrogens with zero attached hydrogens (tertiary/aromatic N) is 1. The molecule has 2 N–H and O–H groups in total. The van der Waals surface area contributed by atoms with Crippen LogP contribution < -0.4 is 10.6 Å². The number of hydrogen-bond donors (Lipinski definition) is 2. The van der Waals surface area contributed by atoms with Crippen molar-refractivity contribution in [3.8, 4) is 0 Å². The van der Waals surface area contributed by atoms with E-state index in [0.717, 1.165) is 13.0 Å². The van der Waals surface area contributed by atoms with Crippen molar-refractivity contribution >= 4 is 29.1 Å². The van der Waals surface area contributed by atoms with Crippen molar-refractivity contribution < 1.29 is 14.0 Å². The highest BCUT2D eigenvalue weighted by atomic mass is 35.5. The van der Waals surface area contributed by atoms with Crippen LogP contribution in [-0.4, -0.2) is 43.9 Å². The highest BCUT2D eigenvalue weighted by Crippen LogP contribution is 2.39. The number of nitrogens with one attached hydrogen (secondary N) is 2. The van der Waals surface area contributed by atoms with E-state index in [0.29, 0.717) is 18.7 Å². The SMILES string of the molecule is CN(C)CCCNC(=O)C1CC1C(=O)Nc1ccc(F)c(Cl)c1. The molecule has 1 fully saturated rings. The molecule has 1 aliphatic carbocycles. The molecule has 5 nitrogen and oxygen atoms in total. The number of rotatable bonds is 7. The minimum atomic E-state index is -0.536. The van der Waals surface area contributed by atoms with Gasteiger partial charge in [0, 0.05) is 12.2 Å². The van der Waals surface area contributed by atoms with Gasteiger partial charge in [0.2, 0.25) is 11.8 Å². The first-order valence-corrected chi connectivity index (χ1v) is 7.94. The van der Waals surface area contributed by atoms with E-state index >= 15 is 0 Å². The van der Waals surface area contributed by atoms with Gasteiger partial charge < -0.3 is 15.5 Å². The van der Waals surface area contributed by atoms with E-state index in [1.807, 2.05) is 19.0 Å². The number of carbonyl (C=O) groups is 2. The normalized spacial score (nSPS) is 19.5. The van der Waals surface area contributed by atoms with Gasteiger partial charge in [-0.2, -0.15) is 0 Å². The largest absolute Gasteiger partial charge is 0.356 e. The van der Waals surface area contributed by atoms with Gasteiger partial charge in [0.15, 0.2) is 0 Å². The number of carbonyl (C=O) groups excluding carboxylic acids is 2. The van der Waals surface area contributed by atoms with Crippen LogP contribution in [0.25, 0.3) is 0 Å². The molecule has 2 unspecified atom stereocenters. The zero-order valence-corrected chi connectivity index (χ0v) is 14.0. The third-order valence-electron chi connectivity index (χ3n) is 3.73. The molecule has 0 aliphatic heterocycles. The molecule has 126 valence electrons. The summed E-state index contributed by atoms with van der Waals surface area (Å²) in [6.07, 6.45) is 1.41. The quantitative estimate of drug-likeness (QED) is 0.747. The second kappa shape index (κ2) is 7.75. The molecular weight excluding hydrogens is 321 g/mol. The third-order valence-corrected chi connectivity index (χ3v) is 4.02. The maximum Gasteiger partial charge on any atom is 0.228 e. The van der Waals surface area contributed by atoms with Gasteiger partial charge >= 0.3 is 0 Å². The molecule has 2 atom stereocenters. The fraction of sp³-hybridized carbons (Fsp3) is 0.500. The molecule has 0 spiro atoms. The molecule has 0 bridgehead atoms. The van der Waals surface area contributed by atoms with Crippen LogP contribution >= 0.6 is 11.6 Å². The molecule has 0 aromatic heterocycles. The molecule has 2 amide bonds. The molecule has 0 saturated heterocycles. The van der Waals surface area contributed by atoms with E-state index in [-0.39, 0.29) is 28.7 Å². The van der Waals surface area contributed by atoms with Gasteiger partial charge in [0.1, 0.15) is 5.82 Å². The Hall–Kier alpha value is -1.66. The Morgan fingerprint density at radius 3 is 2.65 bits per heavy atom. The van der Waals surface area contributed by atoms with Crippen molar-refractivity contribution in [3.05, 3.63) is 29.0 Å². The van der Waals surface area contributed by atoms with Crippen molar-refractivity contribution in [1.29, 1.82) is 0 Å². The summed E-state index contributed by atoms with van der Waals surface area (Å²) in [6.45, 7) is 1.51. The predicted molar refractivity (Wildman–Crippen MR) is 87.8 cm³/mol. The first kappa shape index (κ1) is 17.7. The minimum absolute atomic E-state index is 0.0474. The lowest BCUT2D eigenvalue weighted by Crippen LogP contribution is -2.30. The molecule has 23 heavy (non-hydrogen) atoms. The fourth-order valence-corrected chi connectivity index (χ4v) is 2.50. The molecule has 1 saturated carbocycles. The van der Waals surface area contributed by atoms with E-state index in [2.05, 4.69) is 10.6 Å². The van der Waals surface area contributed by atoms with E-state index in [1.165, 1.54) is 18.2 Å². The summed E-state index contributed by atoms with van der Waals surface area (Å²) >= 11 is 5.67. The second-order valence-corrected chi connectivity index (χ2v) is 6.42. The minimum Gasteiger partial charge on any atom is -0.356 e. The van der Waals surface area contributed by atoms with E-state index in [1.54, 1.807) is 0 Å². The summed E-state index contributed by atoms with van der Waals surface area (Å²) < 4.78 is 13.1. The third kappa shape index (κ3) is 5.18. The zero-order chi connectivity index (χ0) is 17.0. The predicted octanol–water partition coefficient (Wildman–Crippen LogP) is 2.12. The summed E-state index contributed by atoms with van der Waals surface area (Å²) in [5.74, 6) is -1.45. The Bertz CT molecular complexity index is 595. The van der Waals surface area contributed by atoms with Crippen LogP contribution in [-0.2, 0) is 9.59 Å². The van der Waals surface area contributed by atoms with Gasteiger partial charge in [-0.25, -0.2) is 4.39 Å². The van der Waals surface area contributed by atoms with Crippen LogP contribution in [0.5, 0.6) is 0 Å². The maximum atomic E-state index is 13.1. The first-order chi connectivity index (χ1) is 10.9. The summed E-state index contributed by atoms with van der Waals surface area (Å²) in [5.41, 5.74) is 0.429. The molecular formula is C16H21ClFN3O2. The summed E-state index contributed by atoms with van der Waals surface area (Å²) in [7, 11) is 3.95. The Morgan fingerprint density at radius 2 is 2.00 bits per heavy atom. The summed E-state index contributed by atoms with van der Waals surface area (Å²) in [5, 5.41) is 5.46. The van der Waals surface area contributed by atoms with Crippen molar-refractivity contribution in [2.45, 2.75) is 12.8 Å². The smallest absolute Gasteiger partial charge is 0.228 e. The highest BCUT2D eigenvalue weighted by molar-refractivity contribution is 6.31. The molecule has 0 radical (unpaired) electrons. The lowest BCUT2D eigenvalue weighted by molar-refractivity contribution is -0.125. The van der Waals surface area contributed by atoms with Crippen molar-refractivity contribution in [2.75, 3.05) is 32.5 Å². The van der Waals surface area contributed by atoms with Crippen LogP contribution in [0, 0.1) is 17.7 Å². The molecule has 0 heterocycles. The average molecular weight is 342 g/mol. The van der Waals surface area contributed by atoms with Gasteiger partial charge in [-0.05, 0) is 51.7 Å². The summed E-state index contributed by atoms with van der Waals surface area (Å²) in [6, 6.07) is 3.99. The Morgan fingerprint density at radius 1 is 1.30 bits per heavy atom. The molecule has 2 rings (SSSR count). The average Bonchev–Trinajstić information content (AvgIpc) is 3.27. The van der Waals surface area contributed by atoms with Crippen LogP contribution in [0.2, 0.25) is 5.02 Å². The van der Waals surface area contributed by atoms with Crippen LogP contribution in [0.4, 0.5) is 10.1 Å². The van der Waals surface area contributed by atoms with E-state index < -0.39 is 5.82 Å². The van der Waals surface area contributed by atoms with Gasteiger partial charge in [-0.3, -0.25) is 9.59 Å². The number of hydrogen-bond acceptors (Lipinski definition) is 3. The highest BCUT2D eigenvalue weighted by Gasteiger charge is 2.47. The Labute approximate surface area is 140 Å². The standard InChI is InChI=1S/C16H21ClFN3O2/c1-21(2)7-3-6-19-15(22)11-9-12(11)16(23)20-10-4-5-14(18)13(17)8-10/h4-5,8,11-12H,3,6-7,9H2,1-2H3,(H,19,22)(H,20,23). The molecule has 1 aliphatic rings. The number of benzene rings is 1. The van der Waals surface area contributed by atoms with Crippen LogP contribution in [0.15, 0.2) is 18.2 Å². The monoisotopic (exact) mass is 341 g/mol. The van der Waals surface area contributed by atoms with Gasteiger partial charge in [-0.1, -0.05) is 11.6 Å². The van der Waals surface area contributed by atoms with Gasteiger partial charge in [0.05, 0.1) is 16.9 Å². The lowest BCUT2D eigenvalue weighted by Gasteiger charge is -2.10. The number of amides is 2. The zero-order valence-electron chi connectivity index (χ0n) is 13.2. The Kier molecular flexibility index (Phi) is 5.96. The van der Waals surface area contributed by atoms with E-state index in [4.69, 9.17) is 11.6 Å². The second-order valence-electron chi connectivity index (χ2n) is 6.01. The van der Waals surface area contributed by atoms with Crippen molar-refractivity contribution in [2.24, 2.45) is 11.8 Å². The lowest BCUT2D eigenvalue weighted by atomic mass is 10.2.